The number of nitrogens with zero attached hydrogens (tertiary/aromatic N) is 4. The number of amides is 1. The molecule has 34 heavy (non-hydrogen) atoms. The molecule has 6 nitrogen and oxygen atoms in total. The summed E-state index contributed by atoms with van der Waals surface area (Å²) in [6, 6.07) is 6.55. The van der Waals surface area contributed by atoms with Gasteiger partial charge in [0.15, 0.2) is 0 Å². The minimum atomic E-state index is -4.97. The van der Waals surface area contributed by atoms with Crippen LogP contribution >= 0.6 is 0 Å². The fourth-order valence-electron chi connectivity index (χ4n) is 3.73. The summed E-state index contributed by atoms with van der Waals surface area (Å²) in [6.45, 7) is -2.88. The van der Waals surface area contributed by atoms with Crippen molar-refractivity contribution in [2.24, 2.45) is 0 Å². The molecule has 182 valence electrons. The molecule has 1 amide bonds. The summed E-state index contributed by atoms with van der Waals surface area (Å²) < 4.78 is 98.9. The van der Waals surface area contributed by atoms with Gasteiger partial charge in [-0.15, -0.1) is 0 Å². The number of carbonyl (C=O) groups is 1. The van der Waals surface area contributed by atoms with E-state index < -0.39 is 50.0 Å². The predicted molar refractivity (Wildman–Crippen MR) is 106 cm³/mol. The Labute approximate surface area is 188 Å². The minimum absolute atomic E-state index is 0.00952. The highest BCUT2D eigenvalue weighted by Gasteiger charge is 2.39. The van der Waals surface area contributed by atoms with Gasteiger partial charge in [0.1, 0.15) is 12.1 Å². The van der Waals surface area contributed by atoms with E-state index in [1.54, 1.807) is 0 Å². The average Bonchev–Trinajstić information content (AvgIpc) is 3.03. The van der Waals surface area contributed by atoms with E-state index in [1.807, 2.05) is 0 Å². The number of halogens is 7. The van der Waals surface area contributed by atoms with Crippen LogP contribution in [0, 0.1) is 0 Å². The number of hydrogen-bond donors (Lipinski definition) is 0. The summed E-state index contributed by atoms with van der Waals surface area (Å²) >= 11 is 0. The summed E-state index contributed by atoms with van der Waals surface area (Å²) in [6.07, 6.45) is -6.85. The molecule has 0 N–H and O–H groups in total. The van der Waals surface area contributed by atoms with Crippen molar-refractivity contribution in [2.45, 2.75) is 25.1 Å². The Bertz CT molecular complexity index is 1190. The molecule has 1 saturated heterocycles. The van der Waals surface area contributed by atoms with Gasteiger partial charge in [0.2, 0.25) is 5.82 Å². The zero-order valence-electron chi connectivity index (χ0n) is 17.3. The van der Waals surface area contributed by atoms with Crippen LogP contribution in [0.2, 0.25) is 0 Å². The van der Waals surface area contributed by atoms with Crippen molar-refractivity contribution in [3.05, 3.63) is 47.9 Å². The summed E-state index contributed by atoms with van der Waals surface area (Å²) in [5, 5.41) is 0. The number of fused-ring (bicyclic) bond motifs is 1. The zero-order chi connectivity index (χ0) is 24.7. The second kappa shape index (κ2) is 8.85. The van der Waals surface area contributed by atoms with E-state index in [0.29, 0.717) is 4.57 Å². The Balaban J connectivity index is 1.69. The second-order valence-corrected chi connectivity index (χ2v) is 7.67. The van der Waals surface area contributed by atoms with Crippen LogP contribution in [0.4, 0.5) is 30.7 Å². The highest BCUT2D eigenvalue weighted by Crippen LogP contribution is 2.35. The lowest BCUT2D eigenvalue weighted by Gasteiger charge is -2.23. The molecule has 0 bridgehead atoms. The second-order valence-electron chi connectivity index (χ2n) is 7.67. The molecule has 0 radical (unpaired) electrons. The number of ether oxygens (including phenoxy) is 1. The van der Waals surface area contributed by atoms with Crippen molar-refractivity contribution in [3.63, 3.8) is 0 Å². The maximum absolute atomic E-state index is 13.8. The highest BCUT2D eigenvalue weighted by atomic mass is 19.4. The molecule has 1 aliphatic heterocycles. The van der Waals surface area contributed by atoms with E-state index in [4.69, 9.17) is 4.74 Å². The third-order valence-corrected chi connectivity index (χ3v) is 5.17. The summed E-state index contributed by atoms with van der Waals surface area (Å²) in [5.41, 5.74) is -0.0805. The van der Waals surface area contributed by atoms with Gasteiger partial charge in [-0.3, -0.25) is 9.78 Å². The molecular formula is C21H17F7N4O2. The molecule has 2 aromatic heterocycles. The lowest BCUT2D eigenvalue weighted by atomic mass is 10.1. The van der Waals surface area contributed by atoms with Gasteiger partial charge in [0.25, 0.3) is 18.3 Å². The molecule has 3 aromatic rings. The van der Waals surface area contributed by atoms with Crippen LogP contribution in [0.15, 0.2) is 36.5 Å². The number of alkyl halides is 7. The third kappa shape index (κ3) is 4.83. The molecule has 1 aliphatic rings. The van der Waals surface area contributed by atoms with Crippen molar-refractivity contribution >= 4 is 16.9 Å². The van der Waals surface area contributed by atoms with Crippen LogP contribution in [0.3, 0.4) is 0 Å². The molecule has 0 aliphatic carbocycles. The molecule has 0 unspecified atom stereocenters. The first kappa shape index (κ1) is 23.9. The quantitative estimate of drug-likeness (QED) is 0.506. The average molecular weight is 490 g/mol. The van der Waals surface area contributed by atoms with Gasteiger partial charge in [0, 0.05) is 23.9 Å². The molecule has 0 saturated carbocycles. The summed E-state index contributed by atoms with van der Waals surface area (Å²) in [5.74, 6) is -5.34. The van der Waals surface area contributed by atoms with Gasteiger partial charge in [-0.2, -0.15) is 13.2 Å². The van der Waals surface area contributed by atoms with E-state index in [2.05, 4.69) is 9.97 Å². The monoisotopic (exact) mass is 490 g/mol. The Morgan fingerprint density at radius 3 is 2.50 bits per heavy atom. The van der Waals surface area contributed by atoms with Crippen molar-refractivity contribution in [1.29, 1.82) is 0 Å². The number of hydrogen-bond acceptors (Lipinski definition) is 4. The summed E-state index contributed by atoms with van der Waals surface area (Å²) in [7, 11) is 0. The number of carbonyl (C=O) groups excluding carboxylic acids is 1. The molecule has 13 heteroatoms. The highest BCUT2D eigenvalue weighted by molar-refractivity contribution is 5.96. The molecule has 3 heterocycles. The van der Waals surface area contributed by atoms with Gasteiger partial charge in [-0.1, -0.05) is 12.1 Å². The maximum Gasteiger partial charge on any atom is 0.449 e. The van der Waals surface area contributed by atoms with Crippen molar-refractivity contribution in [1.82, 2.24) is 19.4 Å². The number of benzene rings is 1. The van der Waals surface area contributed by atoms with Crippen LogP contribution in [0.5, 0.6) is 0 Å². The third-order valence-electron chi connectivity index (χ3n) is 5.17. The van der Waals surface area contributed by atoms with Crippen LogP contribution in [-0.2, 0) is 17.5 Å². The standard InChI is InChI=1S/C21H17F7N4O2/c22-15(23)9-32-14-5-6-29-16(17(14)30-19(32)21(26,27)28)12-1-3-13(4-2-12)18(33)31-7-8-34-11-20(24,25)10-31/h1-6,15H,7-11H2. The van der Waals surface area contributed by atoms with Gasteiger partial charge < -0.3 is 14.2 Å². The van der Waals surface area contributed by atoms with E-state index >= 15 is 0 Å². The van der Waals surface area contributed by atoms with E-state index in [0.717, 1.165) is 11.0 Å². The van der Waals surface area contributed by atoms with E-state index in [-0.39, 0.29) is 41.0 Å². The zero-order valence-corrected chi connectivity index (χ0v) is 17.3. The molecule has 1 fully saturated rings. The maximum atomic E-state index is 13.8. The van der Waals surface area contributed by atoms with Crippen molar-refractivity contribution < 1.29 is 40.3 Å². The summed E-state index contributed by atoms with van der Waals surface area (Å²) in [4.78, 5) is 21.2. The minimum Gasteiger partial charge on any atom is -0.373 e. The van der Waals surface area contributed by atoms with Gasteiger partial charge in [-0.25, -0.2) is 22.5 Å². The van der Waals surface area contributed by atoms with Crippen molar-refractivity contribution in [3.8, 4) is 11.3 Å². The van der Waals surface area contributed by atoms with E-state index in [1.165, 1.54) is 30.5 Å². The largest absolute Gasteiger partial charge is 0.449 e. The number of rotatable bonds is 4. The van der Waals surface area contributed by atoms with Crippen LogP contribution < -0.4 is 0 Å². The first-order valence-electron chi connectivity index (χ1n) is 10.0. The molecular weight excluding hydrogens is 473 g/mol. The predicted octanol–water partition coefficient (Wildman–Crippen LogP) is 4.49. The fourth-order valence-corrected chi connectivity index (χ4v) is 3.73. The SMILES string of the molecule is O=C(c1ccc(-c2nccc3c2nc(C(F)(F)F)n3CC(F)F)cc1)N1CCOCC(F)(F)C1. The lowest BCUT2D eigenvalue weighted by Crippen LogP contribution is -2.41. The van der Waals surface area contributed by atoms with Crippen LogP contribution in [0.25, 0.3) is 22.3 Å². The fraction of sp³-hybridized carbons (Fsp3) is 0.381. The molecule has 4 rings (SSSR count). The first-order chi connectivity index (χ1) is 16.0. The van der Waals surface area contributed by atoms with Gasteiger partial charge >= 0.3 is 6.18 Å². The Morgan fingerprint density at radius 1 is 1.15 bits per heavy atom. The topological polar surface area (TPSA) is 60.2 Å². The number of imidazole rings is 1. The van der Waals surface area contributed by atoms with Crippen LogP contribution in [0.1, 0.15) is 16.2 Å². The van der Waals surface area contributed by atoms with E-state index in [9.17, 15) is 35.5 Å². The Kier molecular flexibility index (Phi) is 6.23. The number of pyridine rings is 1. The van der Waals surface area contributed by atoms with Crippen LogP contribution in [-0.4, -0.2) is 64.0 Å². The Morgan fingerprint density at radius 2 is 1.85 bits per heavy atom. The number of aromatic nitrogens is 3. The van der Waals surface area contributed by atoms with Gasteiger partial charge in [0.05, 0.1) is 30.9 Å². The molecule has 0 spiro atoms. The first-order valence-corrected chi connectivity index (χ1v) is 10.0. The van der Waals surface area contributed by atoms with Gasteiger partial charge in [-0.05, 0) is 18.2 Å². The smallest absolute Gasteiger partial charge is 0.373 e. The molecule has 0 atom stereocenters. The van der Waals surface area contributed by atoms with Crippen molar-refractivity contribution in [2.75, 3.05) is 26.3 Å². The lowest BCUT2D eigenvalue weighted by molar-refractivity contribution is -0.147. The Hall–Kier alpha value is -3.22. The normalized spacial score (nSPS) is 16.8. The molecule has 1 aromatic carbocycles.